The van der Waals surface area contributed by atoms with Crippen LogP contribution in [0, 0.1) is 12.8 Å². The molecule has 1 aliphatic rings. The van der Waals surface area contributed by atoms with E-state index in [9.17, 15) is 4.79 Å². The van der Waals surface area contributed by atoms with Crippen molar-refractivity contribution in [1.29, 1.82) is 0 Å². The van der Waals surface area contributed by atoms with E-state index < -0.39 is 5.97 Å². The summed E-state index contributed by atoms with van der Waals surface area (Å²) in [6, 6.07) is 0.573. The number of hydrogen-bond acceptors (Lipinski definition) is 3. The zero-order chi connectivity index (χ0) is 14.9. The number of carboxylic acid groups (broad SMARTS) is 1. The van der Waals surface area contributed by atoms with Gasteiger partial charge in [0.25, 0.3) is 0 Å². The minimum atomic E-state index is -0.930. The summed E-state index contributed by atoms with van der Waals surface area (Å²) in [6.07, 6.45) is 5.27. The van der Waals surface area contributed by atoms with Gasteiger partial charge in [-0.1, -0.05) is 13.8 Å². The van der Waals surface area contributed by atoms with Crippen molar-refractivity contribution in [3.05, 3.63) is 17.3 Å². The van der Waals surface area contributed by atoms with E-state index in [1.54, 1.807) is 6.08 Å². The molecule has 0 aromatic carbocycles. The first-order valence-electron chi connectivity index (χ1n) is 7.11. The number of carboxylic acids is 1. The van der Waals surface area contributed by atoms with Crippen molar-refractivity contribution in [2.75, 3.05) is 11.4 Å². The van der Waals surface area contributed by atoms with Gasteiger partial charge in [0.2, 0.25) is 0 Å². The lowest BCUT2D eigenvalue weighted by Gasteiger charge is -2.27. The van der Waals surface area contributed by atoms with Crippen molar-refractivity contribution in [1.82, 2.24) is 9.78 Å². The Balaban J connectivity index is 2.39. The van der Waals surface area contributed by atoms with Crippen LogP contribution in [0.3, 0.4) is 0 Å². The van der Waals surface area contributed by atoms with E-state index >= 15 is 0 Å². The van der Waals surface area contributed by atoms with Gasteiger partial charge in [-0.15, -0.1) is 0 Å². The quantitative estimate of drug-likeness (QED) is 0.811. The van der Waals surface area contributed by atoms with Gasteiger partial charge in [0.05, 0.1) is 5.69 Å². The van der Waals surface area contributed by atoms with Gasteiger partial charge < -0.3 is 10.0 Å². The lowest BCUT2D eigenvalue weighted by atomic mass is 10.1. The number of carbonyl (C=O) groups is 1. The second-order valence-corrected chi connectivity index (χ2v) is 5.90. The maximum atomic E-state index is 10.8. The first kappa shape index (κ1) is 14.6. The third-order valence-electron chi connectivity index (χ3n) is 3.45. The number of aromatic nitrogens is 2. The Morgan fingerprint density at radius 3 is 2.70 bits per heavy atom. The third kappa shape index (κ3) is 3.21. The highest BCUT2D eigenvalue weighted by Gasteiger charge is 2.32. The van der Waals surface area contributed by atoms with Crippen LogP contribution in [0.25, 0.3) is 6.08 Å². The van der Waals surface area contributed by atoms with E-state index in [1.807, 2.05) is 18.7 Å². The highest BCUT2D eigenvalue weighted by atomic mass is 16.4. The van der Waals surface area contributed by atoms with Gasteiger partial charge >= 0.3 is 5.97 Å². The molecule has 0 unspecified atom stereocenters. The molecule has 0 spiro atoms. The zero-order valence-electron chi connectivity index (χ0n) is 12.6. The first-order chi connectivity index (χ1) is 9.40. The molecule has 1 saturated carbocycles. The molecule has 5 nitrogen and oxygen atoms in total. The summed E-state index contributed by atoms with van der Waals surface area (Å²) in [5.41, 5.74) is 1.79. The molecule has 20 heavy (non-hydrogen) atoms. The summed E-state index contributed by atoms with van der Waals surface area (Å²) < 4.78 is 1.87. The average Bonchev–Trinajstić information content (AvgIpc) is 3.11. The van der Waals surface area contributed by atoms with Gasteiger partial charge in [0.1, 0.15) is 5.82 Å². The van der Waals surface area contributed by atoms with Crippen molar-refractivity contribution >= 4 is 17.9 Å². The summed E-state index contributed by atoms with van der Waals surface area (Å²) in [4.78, 5) is 13.1. The maximum Gasteiger partial charge on any atom is 0.328 e. The van der Waals surface area contributed by atoms with E-state index in [1.165, 1.54) is 18.9 Å². The Kier molecular flexibility index (Phi) is 4.16. The maximum absolute atomic E-state index is 10.8. The van der Waals surface area contributed by atoms with Crippen LogP contribution in [0.4, 0.5) is 5.82 Å². The molecule has 0 amide bonds. The van der Waals surface area contributed by atoms with Crippen LogP contribution in [0.15, 0.2) is 6.08 Å². The predicted octanol–water partition coefficient (Wildman–Crippen LogP) is 2.45. The first-order valence-corrected chi connectivity index (χ1v) is 7.11. The van der Waals surface area contributed by atoms with Crippen molar-refractivity contribution in [2.24, 2.45) is 13.0 Å². The third-order valence-corrected chi connectivity index (χ3v) is 3.45. The molecule has 0 atom stereocenters. The van der Waals surface area contributed by atoms with Crippen LogP contribution in [0.2, 0.25) is 0 Å². The Hall–Kier alpha value is -1.78. The average molecular weight is 277 g/mol. The number of aliphatic carboxylic acids is 1. The van der Waals surface area contributed by atoms with Crippen molar-refractivity contribution in [2.45, 2.75) is 39.7 Å². The lowest BCUT2D eigenvalue weighted by Crippen LogP contribution is -2.32. The van der Waals surface area contributed by atoms with Crippen LogP contribution in [-0.2, 0) is 11.8 Å². The topological polar surface area (TPSA) is 58.4 Å². The number of hydrogen-bond donors (Lipinski definition) is 1. The van der Waals surface area contributed by atoms with Crippen molar-refractivity contribution in [3.63, 3.8) is 0 Å². The van der Waals surface area contributed by atoms with Crippen LogP contribution in [0.5, 0.6) is 0 Å². The number of nitrogens with zero attached hydrogens (tertiary/aromatic N) is 3. The molecule has 0 aliphatic heterocycles. The Bertz CT molecular complexity index is 527. The molecule has 0 bridgehead atoms. The van der Waals surface area contributed by atoms with E-state index in [0.29, 0.717) is 12.0 Å². The van der Waals surface area contributed by atoms with E-state index in [2.05, 4.69) is 23.8 Å². The summed E-state index contributed by atoms with van der Waals surface area (Å²) in [5.74, 6) is 0.666. The van der Waals surface area contributed by atoms with Gasteiger partial charge in [-0.2, -0.15) is 5.10 Å². The molecule has 1 fully saturated rings. The molecule has 0 radical (unpaired) electrons. The number of anilines is 1. The minimum absolute atomic E-state index is 0.558. The predicted molar refractivity (Wildman–Crippen MR) is 79.8 cm³/mol. The summed E-state index contributed by atoms with van der Waals surface area (Å²) >= 11 is 0. The van der Waals surface area contributed by atoms with Gasteiger partial charge in [-0.05, 0) is 31.8 Å². The molecule has 2 rings (SSSR count). The fourth-order valence-corrected chi connectivity index (χ4v) is 2.54. The number of rotatable bonds is 6. The van der Waals surface area contributed by atoms with E-state index in [4.69, 9.17) is 5.11 Å². The zero-order valence-corrected chi connectivity index (χ0v) is 12.6. The molecular formula is C15H23N3O2. The molecule has 1 N–H and O–H groups in total. The van der Waals surface area contributed by atoms with Crippen LogP contribution < -0.4 is 4.90 Å². The van der Waals surface area contributed by atoms with Crippen LogP contribution in [0.1, 0.15) is 37.9 Å². The summed E-state index contributed by atoms with van der Waals surface area (Å²) in [6.45, 7) is 7.29. The van der Waals surface area contributed by atoms with E-state index in [0.717, 1.165) is 23.6 Å². The molecule has 0 saturated heterocycles. The molecular weight excluding hydrogens is 254 g/mol. The fraction of sp³-hybridized carbons (Fsp3) is 0.600. The van der Waals surface area contributed by atoms with Gasteiger partial charge in [-0.25, -0.2) is 4.79 Å². The van der Waals surface area contributed by atoms with Gasteiger partial charge in [-0.3, -0.25) is 4.68 Å². The lowest BCUT2D eigenvalue weighted by molar-refractivity contribution is -0.131. The SMILES string of the molecule is Cc1nn(C)c(N(CC(C)C)C2CC2)c1C=CC(=O)O. The van der Waals surface area contributed by atoms with Gasteiger partial charge in [0, 0.05) is 31.3 Å². The van der Waals surface area contributed by atoms with Crippen molar-refractivity contribution < 1.29 is 9.90 Å². The Morgan fingerprint density at radius 2 is 2.20 bits per heavy atom. The highest BCUT2D eigenvalue weighted by Crippen LogP contribution is 2.35. The molecule has 1 aromatic heterocycles. The van der Waals surface area contributed by atoms with Gasteiger partial charge in [0.15, 0.2) is 0 Å². The second kappa shape index (κ2) is 5.69. The highest BCUT2D eigenvalue weighted by molar-refractivity contribution is 5.87. The Morgan fingerprint density at radius 1 is 1.55 bits per heavy atom. The largest absolute Gasteiger partial charge is 0.478 e. The molecule has 1 heterocycles. The minimum Gasteiger partial charge on any atom is -0.478 e. The Labute approximate surface area is 119 Å². The molecule has 1 aromatic rings. The monoisotopic (exact) mass is 277 g/mol. The summed E-state index contributed by atoms with van der Waals surface area (Å²) in [5, 5.41) is 13.3. The number of aryl methyl sites for hydroxylation is 2. The molecule has 110 valence electrons. The standard InChI is InChI=1S/C15H23N3O2/c1-10(2)9-18(12-5-6-12)15-13(7-8-14(19)20)11(3)16-17(15)4/h7-8,10,12H,5-6,9H2,1-4H3,(H,19,20). The fourth-order valence-electron chi connectivity index (χ4n) is 2.54. The molecule has 5 heteroatoms. The molecule has 1 aliphatic carbocycles. The van der Waals surface area contributed by atoms with E-state index in [-0.39, 0.29) is 0 Å². The summed E-state index contributed by atoms with van der Waals surface area (Å²) in [7, 11) is 1.93. The second-order valence-electron chi connectivity index (χ2n) is 5.90. The smallest absolute Gasteiger partial charge is 0.328 e. The van der Waals surface area contributed by atoms with Crippen molar-refractivity contribution in [3.8, 4) is 0 Å². The van der Waals surface area contributed by atoms with Crippen LogP contribution >= 0.6 is 0 Å². The van der Waals surface area contributed by atoms with Crippen LogP contribution in [-0.4, -0.2) is 33.4 Å². The normalized spacial score (nSPS) is 15.2.